The predicted molar refractivity (Wildman–Crippen MR) is 99.2 cm³/mol. The fraction of sp³-hybridized carbons (Fsp3) is 0.353. The third-order valence-electron chi connectivity index (χ3n) is 4.55. The van der Waals surface area contributed by atoms with Crippen molar-refractivity contribution in [3.8, 4) is 0 Å². The van der Waals surface area contributed by atoms with Gasteiger partial charge < -0.3 is 9.88 Å². The number of nitrogens with zero attached hydrogens (tertiary/aromatic N) is 4. The summed E-state index contributed by atoms with van der Waals surface area (Å²) in [4.78, 5) is 16.8. The maximum atomic E-state index is 13.3. The number of hydrogen-bond donors (Lipinski definition) is 2. The smallest absolute Gasteiger partial charge is 0.278 e. The van der Waals surface area contributed by atoms with Gasteiger partial charge in [0.15, 0.2) is 5.69 Å². The average Bonchev–Trinajstić information content (AvgIpc) is 3.22. The highest BCUT2D eigenvalue weighted by Gasteiger charge is 2.19. The van der Waals surface area contributed by atoms with Crippen LogP contribution in [-0.4, -0.2) is 38.3 Å². The van der Waals surface area contributed by atoms with Gasteiger partial charge in [0.2, 0.25) is 5.95 Å². The lowest BCUT2D eigenvalue weighted by Gasteiger charge is -2.22. The minimum absolute atomic E-state index is 0. The van der Waals surface area contributed by atoms with Crippen LogP contribution in [-0.2, 0) is 7.05 Å². The number of amides is 1. The lowest BCUT2D eigenvalue weighted by Crippen LogP contribution is -2.32. The molecule has 0 bridgehead atoms. The normalized spacial score (nSPS) is 17.1. The molecule has 1 aromatic carbocycles. The number of halogens is 2. The van der Waals surface area contributed by atoms with Crippen LogP contribution in [0.25, 0.3) is 11.0 Å². The fourth-order valence-corrected chi connectivity index (χ4v) is 3.17. The van der Waals surface area contributed by atoms with Crippen molar-refractivity contribution in [2.45, 2.75) is 18.9 Å². The number of aromatic nitrogens is 4. The second-order valence-electron chi connectivity index (χ2n) is 6.26. The molecule has 7 nitrogen and oxygen atoms in total. The molecule has 0 spiro atoms. The van der Waals surface area contributed by atoms with E-state index >= 15 is 0 Å². The number of anilines is 1. The predicted octanol–water partition coefficient (Wildman–Crippen LogP) is 2.51. The minimum atomic E-state index is -0.358. The molecule has 9 heteroatoms. The van der Waals surface area contributed by atoms with Crippen molar-refractivity contribution in [1.29, 1.82) is 0 Å². The number of fused-ring (bicyclic) bond motifs is 1. The second kappa shape index (κ2) is 7.43. The minimum Gasteiger partial charge on any atom is -0.315 e. The van der Waals surface area contributed by atoms with Crippen molar-refractivity contribution in [1.82, 2.24) is 24.6 Å². The molecule has 0 saturated carbocycles. The Morgan fingerprint density at radius 1 is 1.38 bits per heavy atom. The van der Waals surface area contributed by atoms with Crippen LogP contribution in [0.15, 0.2) is 30.5 Å². The van der Waals surface area contributed by atoms with E-state index in [1.165, 1.54) is 12.1 Å². The molecule has 0 aliphatic carbocycles. The first kappa shape index (κ1) is 18.3. The molecule has 1 fully saturated rings. The van der Waals surface area contributed by atoms with E-state index in [4.69, 9.17) is 0 Å². The van der Waals surface area contributed by atoms with E-state index in [1.54, 1.807) is 23.7 Å². The van der Waals surface area contributed by atoms with E-state index in [9.17, 15) is 9.18 Å². The summed E-state index contributed by atoms with van der Waals surface area (Å²) in [7, 11) is 1.77. The molecule has 3 heterocycles. The van der Waals surface area contributed by atoms with Crippen molar-refractivity contribution >= 4 is 35.3 Å². The third kappa shape index (κ3) is 3.42. The van der Waals surface area contributed by atoms with Gasteiger partial charge in [0.05, 0.1) is 17.1 Å². The summed E-state index contributed by atoms with van der Waals surface area (Å²) in [6.45, 7) is 1.89. The van der Waals surface area contributed by atoms with Crippen LogP contribution >= 0.6 is 12.4 Å². The molecule has 2 aromatic heterocycles. The van der Waals surface area contributed by atoms with Crippen molar-refractivity contribution in [2.24, 2.45) is 7.05 Å². The van der Waals surface area contributed by atoms with Crippen LogP contribution in [0.3, 0.4) is 0 Å². The van der Waals surface area contributed by atoms with Crippen molar-refractivity contribution in [3.63, 3.8) is 0 Å². The van der Waals surface area contributed by atoms with Gasteiger partial charge in [-0.05, 0) is 37.6 Å². The Hall–Kier alpha value is -2.45. The number of benzene rings is 1. The molecule has 26 heavy (non-hydrogen) atoms. The summed E-state index contributed by atoms with van der Waals surface area (Å²) < 4.78 is 16.9. The first-order chi connectivity index (χ1) is 12.1. The van der Waals surface area contributed by atoms with Crippen molar-refractivity contribution in [2.75, 3.05) is 18.4 Å². The van der Waals surface area contributed by atoms with Gasteiger partial charge in [0, 0.05) is 25.9 Å². The Bertz CT molecular complexity index is 931. The molecule has 2 N–H and O–H groups in total. The van der Waals surface area contributed by atoms with Crippen molar-refractivity contribution in [3.05, 3.63) is 42.0 Å². The van der Waals surface area contributed by atoms with E-state index in [0.717, 1.165) is 31.4 Å². The molecule has 1 aliphatic rings. The molecule has 138 valence electrons. The highest BCUT2D eigenvalue weighted by molar-refractivity contribution is 6.02. The highest BCUT2D eigenvalue weighted by atomic mass is 35.5. The zero-order valence-electron chi connectivity index (χ0n) is 14.3. The average molecular weight is 379 g/mol. The largest absolute Gasteiger partial charge is 0.315 e. The van der Waals surface area contributed by atoms with Crippen LogP contribution in [0.2, 0.25) is 0 Å². The molecule has 1 saturated heterocycles. The van der Waals surface area contributed by atoms with Crippen molar-refractivity contribution < 1.29 is 9.18 Å². The summed E-state index contributed by atoms with van der Waals surface area (Å²) in [6, 6.07) is 6.32. The Kier molecular flexibility index (Phi) is 5.24. The number of carbonyl (C=O) groups excluding carboxylic acids is 1. The van der Waals surface area contributed by atoms with Crippen LogP contribution in [0.5, 0.6) is 0 Å². The van der Waals surface area contributed by atoms with E-state index in [-0.39, 0.29) is 30.2 Å². The van der Waals surface area contributed by atoms with E-state index < -0.39 is 0 Å². The van der Waals surface area contributed by atoms with E-state index in [1.807, 2.05) is 10.9 Å². The molecule has 4 rings (SSSR count). The van der Waals surface area contributed by atoms with Gasteiger partial charge in [0.1, 0.15) is 5.82 Å². The Morgan fingerprint density at radius 3 is 3.00 bits per heavy atom. The number of nitrogens with one attached hydrogen (secondary N) is 2. The number of aryl methyl sites for hydroxylation is 1. The number of imidazole rings is 1. The van der Waals surface area contributed by atoms with Crippen LogP contribution in [0.4, 0.5) is 10.3 Å². The summed E-state index contributed by atoms with van der Waals surface area (Å²) >= 11 is 0. The summed E-state index contributed by atoms with van der Waals surface area (Å²) in [5, 5.41) is 10.5. The molecular weight excluding hydrogens is 359 g/mol. The molecule has 1 unspecified atom stereocenters. The first-order valence-electron chi connectivity index (χ1n) is 8.31. The van der Waals surface area contributed by atoms with Gasteiger partial charge in [0.25, 0.3) is 5.91 Å². The lowest BCUT2D eigenvalue weighted by molar-refractivity contribution is 0.102. The van der Waals surface area contributed by atoms with Gasteiger partial charge in [-0.1, -0.05) is 0 Å². The third-order valence-corrected chi connectivity index (χ3v) is 4.55. The van der Waals surface area contributed by atoms with Crippen LogP contribution < -0.4 is 10.6 Å². The number of piperidine rings is 1. The molecule has 1 atom stereocenters. The molecule has 1 aliphatic heterocycles. The highest BCUT2D eigenvalue weighted by Crippen LogP contribution is 2.20. The Balaban J connectivity index is 0.00000196. The first-order valence-corrected chi connectivity index (χ1v) is 8.31. The second-order valence-corrected chi connectivity index (χ2v) is 6.26. The Morgan fingerprint density at radius 2 is 2.23 bits per heavy atom. The quantitative estimate of drug-likeness (QED) is 0.734. The van der Waals surface area contributed by atoms with Crippen LogP contribution in [0.1, 0.15) is 29.4 Å². The molecule has 3 aromatic rings. The van der Waals surface area contributed by atoms with Gasteiger partial charge in [-0.25, -0.2) is 9.37 Å². The maximum absolute atomic E-state index is 13.3. The van der Waals surface area contributed by atoms with Gasteiger partial charge >= 0.3 is 0 Å². The number of carbonyl (C=O) groups is 1. The summed E-state index contributed by atoms with van der Waals surface area (Å²) in [5.74, 6) is -0.329. The zero-order valence-corrected chi connectivity index (χ0v) is 15.1. The molecular formula is C17H20ClFN6O. The van der Waals surface area contributed by atoms with Gasteiger partial charge in [-0.2, -0.15) is 5.10 Å². The van der Waals surface area contributed by atoms with Gasteiger partial charge in [-0.15, -0.1) is 12.4 Å². The number of rotatable bonds is 3. The van der Waals surface area contributed by atoms with Crippen LogP contribution in [0, 0.1) is 5.82 Å². The summed E-state index contributed by atoms with van der Waals surface area (Å²) in [6.07, 6.45) is 3.98. The zero-order chi connectivity index (χ0) is 17.4. The van der Waals surface area contributed by atoms with E-state index in [2.05, 4.69) is 20.7 Å². The topological polar surface area (TPSA) is 76.8 Å². The number of hydrogen-bond acceptors (Lipinski definition) is 4. The standard InChI is InChI=1S/C17H19FN6O.ClH/c1-23-15-5-4-11(18)9-14(15)20-17(23)21-16(25)13-6-8-24(22-13)12-3-2-7-19-10-12;/h4-6,8-9,12,19H,2-3,7,10H2,1H3,(H,20,21,25);1H. The lowest BCUT2D eigenvalue weighted by atomic mass is 10.1. The van der Waals surface area contributed by atoms with E-state index in [0.29, 0.717) is 17.2 Å². The SMILES string of the molecule is Cl.Cn1c(NC(=O)c2ccn(C3CCCNC3)n2)nc2cc(F)ccc21. The monoisotopic (exact) mass is 378 g/mol. The molecule has 1 amide bonds. The Labute approximate surface area is 156 Å². The summed E-state index contributed by atoms with van der Waals surface area (Å²) in [5.41, 5.74) is 1.58. The molecule has 0 radical (unpaired) electrons. The van der Waals surface area contributed by atoms with Gasteiger partial charge in [-0.3, -0.25) is 14.8 Å². The fourth-order valence-electron chi connectivity index (χ4n) is 3.17. The maximum Gasteiger partial charge on any atom is 0.278 e.